The van der Waals surface area contributed by atoms with Crippen LogP contribution < -0.4 is 10.1 Å². The summed E-state index contributed by atoms with van der Waals surface area (Å²) < 4.78 is 40.8. The summed E-state index contributed by atoms with van der Waals surface area (Å²) in [5.74, 6) is -0.769. The van der Waals surface area contributed by atoms with Crippen LogP contribution in [0.4, 0.5) is 18.9 Å². The molecule has 2 aromatic rings. The maximum Gasteiger partial charge on any atom is 0.573 e. The number of carbonyl (C=O) groups excluding carboxylic acids is 1. The molecule has 4 rings (SSSR count). The lowest BCUT2D eigenvalue weighted by atomic mass is 9.83. The first-order valence-corrected chi connectivity index (χ1v) is 10.2. The Kier molecular flexibility index (Phi) is 5.64. The van der Waals surface area contributed by atoms with Crippen molar-refractivity contribution in [2.24, 2.45) is 17.0 Å². The van der Waals surface area contributed by atoms with E-state index < -0.39 is 12.0 Å². The van der Waals surface area contributed by atoms with Gasteiger partial charge in [-0.2, -0.15) is 0 Å². The number of halogens is 3. The number of hydrogen-bond donors (Lipinski definition) is 1. The van der Waals surface area contributed by atoms with Crippen molar-refractivity contribution >= 4 is 17.3 Å². The number of benzene rings is 2. The summed E-state index contributed by atoms with van der Waals surface area (Å²) in [5, 5.41) is 7.15. The first-order chi connectivity index (χ1) is 14.7. The first kappa shape index (κ1) is 21.2. The summed E-state index contributed by atoms with van der Waals surface area (Å²) in [6.45, 7) is 1.99. The van der Waals surface area contributed by atoms with Gasteiger partial charge in [0.05, 0.1) is 5.71 Å². The third-order valence-electron chi connectivity index (χ3n) is 5.90. The Morgan fingerprint density at radius 2 is 1.84 bits per heavy atom. The Hall–Kier alpha value is -3.03. The molecule has 1 N–H and O–H groups in total. The summed E-state index contributed by atoms with van der Waals surface area (Å²) in [6.07, 6.45) is -1.65. The van der Waals surface area contributed by atoms with Crippen molar-refractivity contribution in [1.82, 2.24) is 0 Å². The van der Waals surface area contributed by atoms with Crippen molar-refractivity contribution in [2.75, 3.05) is 5.32 Å². The molecule has 0 saturated heterocycles. The molecule has 1 heterocycles. The second-order valence-corrected chi connectivity index (χ2v) is 8.15. The van der Waals surface area contributed by atoms with Gasteiger partial charge in [-0.15, -0.1) is 13.2 Å². The molecule has 2 aliphatic rings. The Morgan fingerprint density at radius 1 is 1.13 bits per heavy atom. The van der Waals surface area contributed by atoms with E-state index in [1.165, 1.54) is 24.3 Å². The Morgan fingerprint density at radius 3 is 2.52 bits per heavy atom. The number of alkyl halides is 3. The SMILES string of the molecule is CC1(c2ccccc2)CC([C@@H]2CCC[C@H]2C(=O)Nc2ccc(OC(F)(F)F)cc2)=NO1. The Labute approximate surface area is 178 Å². The largest absolute Gasteiger partial charge is 0.573 e. The minimum absolute atomic E-state index is 0.0154. The molecule has 31 heavy (non-hydrogen) atoms. The molecule has 164 valence electrons. The molecule has 1 amide bonds. The molecule has 1 aliphatic heterocycles. The highest BCUT2D eigenvalue weighted by Crippen LogP contribution is 2.42. The van der Waals surface area contributed by atoms with Crippen LogP contribution in [0, 0.1) is 11.8 Å². The lowest BCUT2D eigenvalue weighted by Crippen LogP contribution is -2.31. The van der Waals surface area contributed by atoms with Crippen LogP contribution in [0.1, 0.15) is 38.2 Å². The lowest BCUT2D eigenvalue weighted by molar-refractivity contribution is -0.274. The third-order valence-corrected chi connectivity index (χ3v) is 5.90. The number of nitrogens with one attached hydrogen (secondary N) is 1. The number of hydrogen-bond acceptors (Lipinski definition) is 4. The second-order valence-electron chi connectivity index (χ2n) is 8.15. The van der Waals surface area contributed by atoms with Crippen LogP contribution in [0.25, 0.3) is 0 Å². The zero-order valence-electron chi connectivity index (χ0n) is 17.0. The fraction of sp³-hybridized carbons (Fsp3) is 0.391. The maximum absolute atomic E-state index is 12.9. The highest BCUT2D eigenvalue weighted by molar-refractivity contribution is 5.98. The van der Waals surface area contributed by atoms with Gasteiger partial charge in [0.25, 0.3) is 0 Å². The summed E-state index contributed by atoms with van der Waals surface area (Å²) in [7, 11) is 0. The summed E-state index contributed by atoms with van der Waals surface area (Å²) in [5.41, 5.74) is 1.80. The molecular weight excluding hydrogens is 409 g/mol. The van der Waals surface area contributed by atoms with E-state index in [1.54, 1.807) is 0 Å². The predicted octanol–water partition coefficient (Wildman–Crippen LogP) is 5.63. The van der Waals surface area contributed by atoms with E-state index >= 15 is 0 Å². The number of oxime groups is 1. The molecule has 0 aromatic heterocycles. The standard InChI is InChI=1S/C23H23F3N2O3/c1-22(15-6-3-2-4-7-15)14-20(28-31-22)18-8-5-9-19(18)21(29)27-16-10-12-17(13-11-16)30-23(24,25)26/h2-4,6-7,10-13,18-19H,5,8-9,14H2,1H3,(H,27,29)/t18-,19-,22?/m1/s1. The van der Waals surface area contributed by atoms with Crippen LogP contribution in [-0.4, -0.2) is 18.0 Å². The lowest BCUT2D eigenvalue weighted by Gasteiger charge is -2.23. The number of nitrogens with zero attached hydrogens (tertiary/aromatic N) is 1. The van der Waals surface area contributed by atoms with E-state index in [-0.39, 0.29) is 23.5 Å². The minimum atomic E-state index is -4.75. The van der Waals surface area contributed by atoms with Crippen molar-refractivity contribution in [2.45, 2.75) is 44.6 Å². The van der Waals surface area contributed by atoms with Gasteiger partial charge in [0, 0.05) is 23.9 Å². The number of amides is 1. The molecule has 1 unspecified atom stereocenters. The van der Waals surface area contributed by atoms with Gasteiger partial charge in [-0.3, -0.25) is 4.79 Å². The van der Waals surface area contributed by atoms with Crippen LogP contribution >= 0.6 is 0 Å². The van der Waals surface area contributed by atoms with Gasteiger partial charge in [0.1, 0.15) is 5.75 Å². The molecule has 1 aliphatic carbocycles. The predicted molar refractivity (Wildman–Crippen MR) is 110 cm³/mol. The van der Waals surface area contributed by atoms with Crippen LogP contribution in [0.5, 0.6) is 5.75 Å². The number of anilines is 1. The van der Waals surface area contributed by atoms with Gasteiger partial charge < -0.3 is 14.9 Å². The van der Waals surface area contributed by atoms with Gasteiger partial charge in [-0.25, -0.2) is 0 Å². The fourth-order valence-electron chi connectivity index (χ4n) is 4.36. The summed E-state index contributed by atoms with van der Waals surface area (Å²) >= 11 is 0. The van der Waals surface area contributed by atoms with Crippen molar-refractivity contribution in [3.63, 3.8) is 0 Å². The Balaban J connectivity index is 1.40. The topological polar surface area (TPSA) is 59.9 Å². The smallest absolute Gasteiger partial charge is 0.406 e. The van der Waals surface area contributed by atoms with Crippen LogP contribution in [-0.2, 0) is 15.2 Å². The first-order valence-electron chi connectivity index (χ1n) is 10.2. The molecule has 8 heteroatoms. The van der Waals surface area contributed by atoms with E-state index in [4.69, 9.17) is 4.84 Å². The van der Waals surface area contributed by atoms with Crippen molar-refractivity contribution in [3.05, 3.63) is 60.2 Å². The van der Waals surface area contributed by atoms with E-state index in [2.05, 4.69) is 15.2 Å². The molecule has 0 spiro atoms. The number of ether oxygens (including phenoxy) is 1. The summed E-state index contributed by atoms with van der Waals surface area (Å²) in [4.78, 5) is 18.7. The van der Waals surface area contributed by atoms with Crippen molar-refractivity contribution in [3.8, 4) is 5.75 Å². The average molecular weight is 432 g/mol. The van der Waals surface area contributed by atoms with Gasteiger partial charge in [-0.05, 0) is 49.6 Å². The molecular formula is C23H23F3N2O3. The molecule has 0 radical (unpaired) electrons. The van der Waals surface area contributed by atoms with Gasteiger partial charge in [0.15, 0.2) is 5.60 Å². The van der Waals surface area contributed by atoms with E-state index in [9.17, 15) is 18.0 Å². The van der Waals surface area contributed by atoms with Gasteiger partial charge >= 0.3 is 6.36 Å². The monoisotopic (exact) mass is 432 g/mol. The highest BCUT2D eigenvalue weighted by atomic mass is 19.4. The van der Waals surface area contributed by atoms with Gasteiger partial charge in [0.2, 0.25) is 5.91 Å². The Bertz CT molecular complexity index is 960. The number of rotatable bonds is 5. The van der Waals surface area contributed by atoms with Crippen molar-refractivity contribution in [1.29, 1.82) is 0 Å². The van der Waals surface area contributed by atoms with Crippen molar-refractivity contribution < 1.29 is 27.5 Å². The second kappa shape index (κ2) is 8.24. The third kappa shape index (κ3) is 4.84. The van der Waals surface area contributed by atoms with E-state index in [0.29, 0.717) is 12.1 Å². The average Bonchev–Trinajstić information content (AvgIpc) is 3.37. The molecule has 1 fully saturated rings. The van der Waals surface area contributed by atoms with Crippen LogP contribution in [0.2, 0.25) is 0 Å². The van der Waals surface area contributed by atoms with E-state index in [1.807, 2.05) is 37.3 Å². The summed E-state index contributed by atoms with van der Waals surface area (Å²) in [6, 6.07) is 15.0. The molecule has 1 saturated carbocycles. The van der Waals surface area contributed by atoms with Crippen LogP contribution in [0.3, 0.4) is 0 Å². The van der Waals surface area contributed by atoms with E-state index in [0.717, 1.165) is 30.5 Å². The number of carbonyl (C=O) groups is 1. The molecule has 5 nitrogen and oxygen atoms in total. The quantitative estimate of drug-likeness (QED) is 0.666. The maximum atomic E-state index is 12.9. The zero-order chi connectivity index (χ0) is 22.1. The normalized spacial score (nSPS) is 25.6. The molecule has 3 atom stereocenters. The zero-order valence-corrected chi connectivity index (χ0v) is 17.0. The molecule has 0 bridgehead atoms. The van der Waals surface area contributed by atoms with Crippen LogP contribution in [0.15, 0.2) is 59.8 Å². The van der Waals surface area contributed by atoms with Gasteiger partial charge in [-0.1, -0.05) is 41.9 Å². The molecule has 2 aromatic carbocycles. The fourth-order valence-corrected chi connectivity index (χ4v) is 4.36. The minimum Gasteiger partial charge on any atom is -0.406 e. The highest BCUT2D eigenvalue weighted by Gasteiger charge is 2.44.